The zero-order valence-corrected chi connectivity index (χ0v) is 13.0. The van der Waals surface area contributed by atoms with E-state index in [0.29, 0.717) is 5.92 Å². The maximum atomic E-state index is 10.7. The molecular weight excluding hydrogens is 280 g/mol. The fraction of sp³-hybridized carbons (Fsp3) is 0.182. The summed E-state index contributed by atoms with van der Waals surface area (Å²) in [7, 11) is 0. The lowest BCUT2D eigenvalue weighted by atomic mass is 9.78. The van der Waals surface area contributed by atoms with Crippen LogP contribution in [0.15, 0.2) is 78.9 Å². The molecule has 3 aromatic carbocycles. The Labute approximate surface area is 137 Å². The van der Waals surface area contributed by atoms with Crippen molar-refractivity contribution in [1.82, 2.24) is 0 Å². The van der Waals surface area contributed by atoms with Gasteiger partial charge in [0.15, 0.2) is 0 Å². The van der Waals surface area contributed by atoms with Gasteiger partial charge >= 0.3 is 0 Å². The Morgan fingerprint density at radius 3 is 2.17 bits per heavy atom. The maximum absolute atomic E-state index is 10.7. The Hall–Kier alpha value is -2.38. The summed E-state index contributed by atoms with van der Waals surface area (Å²) in [5, 5.41) is 10.7. The number of aliphatic hydroxyl groups is 1. The van der Waals surface area contributed by atoms with Crippen molar-refractivity contribution in [3.63, 3.8) is 0 Å². The molecule has 1 nitrogen and oxygen atoms in total. The van der Waals surface area contributed by atoms with Gasteiger partial charge in [0.2, 0.25) is 0 Å². The van der Waals surface area contributed by atoms with Crippen LogP contribution in [0.2, 0.25) is 0 Å². The summed E-state index contributed by atoms with van der Waals surface area (Å²) in [4.78, 5) is 0. The molecule has 0 bridgehead atoms. The monoisotopic (exact) mass is 300 g/mol. The number of aliphatic hydroxyl groups excluding tert-OH is 1. The summed E-state index contributed by atoms with van der Waals surface area (Å²) in [6, 6.07) is 27.4. The van der Waals surface area contributed by atoms with E-state index in [4.69, 9.17) is 0 Å². The highest BCUT2D eigenvalue weighted by Crippen LogP contribution is 2.40. The molecular formula is C22H20O. The number of hydrogen-bond acceptors (Lipinski definition) is 1. The van der Waals surface area contributed by atoms with Gasteiger partial charge < -0.3 is 5.11 Å². The van der Waals surface area contributed by atoms with Crippen LogP contribution in [-0.4, -0.2) is 5.11 Å². The lowest BCUT2D eigenvalue weighted by Crippen LogP contribution is -2.17. The lowest BCUT2D eigenvalue weighted by molar-refractivity contribution is 0.147. The van der Waals surface area contributed by atoms with Crippen molar-refractivity contribution in [3.8, 4) is 11.1 Å². The topological polar surface area (TPSA) is 20.2 Å². The molecule has 2 atom stereocenters. The van der Waals surface area contributed by atoms with Crippen LogP contribution in [0.25, 0.3) is 11.1 Å². The molecule has 0 heterocycles. The SMILES string of the molecule is O[C@@H]1C[C@@H](c2ccccc2)Cc2ccc(-c3ccccc3)cc21. The van der Waals surface area contributed by atoms with Crippen LogP contribution in [0.3, 0.4) is 0 Å². The molecule has 1 aliphatic rings. The maximum Gasteiger partial charge on any atom is 0.0798 e. The number of rotatable bonds is 2. The van der Waals surface area contributed by atoms with Gasteiger partial charge in [-0.2, -0.15) is 0 Å². The van der Waals surface area contributed by atoms with E-state index < -0.39 is 0 Å². The standard InChI is InChI=1S/C22H20O/c23-22-15-20(17-9-5-2-6-10-17)13-19-12-11-18(14-21(19)22)16-7-3-1-4-8-16/h1-12,14,20,22-23H,13,15H2/t20-,22+/m0/s1. The Balaban J connectivity index is 1.68. The van der Waals surface area contributed by atoms with Crippen molar-refractivity contribution in [2.75, 3.05) is 0 Å². The second kappa shape index (κ2) is 6.02. The number of fused-ring (bicyclic) bond motifs is 1. The Morgan fingerprint density at radius 1 is 0.739 bits per heavy atom. The van der Waals surface area contributed by atoms with Crippen LogP contribution in [0.4, 0.5) is 0 Å². The van der Waals surface area contributed by atoms with Gasteiger partial charge in [-0.25, -0.2) is 0 Å². The molecule has 0 unspecified atom stereocenters. The lowest BCUT2D eigenvalue weighted by Gasteiger charge is -2.29. The third-order valence-electron chi connectivity index (χ3n) is 4.86. The third-order valence-corrected chi connectivity index (χ3v) is 4.86. The van der Waals surface area contributed by atoms with Crippen LogP contribution in [0, 0.1) is 0 Å². The highest BCUT2D eigenvalue weighted by atomic mass is 16.3. The van der Waals surface area contributed by atoms with E-state index in [9.17, 15) is 5.11 Å². The molecule has 0 amide bonds. The average Bonchev–Trinajstić information content (AvgIpc) is 2.63. The molecule has 0 spiro atoms. The molecule has 114 valence electrons. The van der Waals surface area contributed by atoms with Crippen molar-refractivity contribution < 1.29 is 5.11 Å². The zero-order valence-electron chi connectivity index (χ0n) is 13.0. The smallest absolute Gasteiger partial charge is 0.0798 e. The zero-order chi connectivity index (χ0) is 15.6. The van der Waals surface area contributed by atoms with Crippen LogP contribution in [0.5, 0.6) is 0 Å². The van der Waals surface area contributed by atoms with Crippen LogP contribution >= 0.6 is 0 Å². The molecule has 1 heteroatoms. The van der Waals surface area contributed by atoms with E-state index in [1.807, 2.05) is 12.1 Å². The number of hydrogen-bond donors (Lipinski definition) is 1. The van der Waals surface area contributed by atoms with E-state index in [1.54, 1.807) is 0 Å². The predicted molar refractivity (Wildman–Crippen MR) is 94.3 cm³/mol. The first-order valence-corrected chi connectivity index (χ1v) is 8.22. The summed E-state index contributed by atoms with van der Waals surface area (Å²) in [6.45, 7) is 0. The second-order valence-electron chi connectivity index (χ2n) is 6.34. The fourth-order valence-electron chi connectivity index (χ4n) is 3.63. The molecule has 1 N–H and O–H groups in total. The van der Waals surface area contributed by atoms with E-state index in [1.165, 1.54) is 22.3 Å². The molecule has 0 aromatic heterocycles. The molecule has 3 aromatic rings. The largest absolute Gasteiger partial charge is 0.388 e. The first-order valence-electron chi connectivity index (χ1n) is 8.22. The molecule has 4 rings (SSSR count). The molecule has 0 saturated heterocycles. The third kappa shape index (κ3) is 2.80. The average molecular weight is 300 g/mol. The minimum Gasteiger partial charge on any atom is -0.388 e. The Kier molecular flexibility index (Phi) is 3.72. The van der Waals surface area contributed by atoms with Gasteiger partial charge in [0.1, 0.15) is 0 Å². The van der Waals surface area contributed by atoms with Crippen molar-refractivity contribution in [3.05, 3.63) is 95.6 Å². The van der Waals surface area contributed by atoms with Crippen molar-refractivity contribution in [1.29, 1.82) is 0 Å². The molecule has 0 fully saturated rings. The van der Waals surface area contributed by atoms with Gasteiger partial charge in [-0.15, -0.1) is 0 Å². The van der Waals surface area contributed by atoms with E-state index in [0.717, 1.165) is 18.4 Å². The van der Waals surface area contributed by atoms with Gasteiger partial charge in [-0.05, 0) is 52.6 Å². The quantitative estimate of drug-likeness (QED) is 0.696. The summed E-state index contributed by atoms with van der Waals surface area (Å²) in [5.41, 5.74) is 6.08. The van der Waals surface area contributed by atoms with E-state index in [2.05, 4.69) is 66.7 Å². The van der Waals surface area contributed by atoms with Crippen LogP contribution in [0.1, 0.15) is 35.1 Å². The highest BCUT2D eigenvalue weighted by Gasteiger charge is 2.26. The summed E-state index contributed by atoms with van der Waals surface area (Å²) in [5.74, 6) is 0.404. The predicted octanol–water partition coefficient (Wildman–Crippen LogP) is 5.12. The highest BCUT2D eigenvalue weighted by molar-refractivity contribution is 5.65. The van der Waals surface area contributed by atoms with E-state index >= 15 is 0 Å². The minimum atomic E-state index is -0.382. The minimum absolute atomic E-state index is 0.382. The van der Waals surface area contributed by atoms with Crippen LogP contribution < -0.4 is 0 Å². The Bertz CT molecular complexity index is 793. The van der Waals surface area contributed by atoms with Crippen molar-refractivity contribution >= 4 is 0 Å². The molecule has 23 heavy (non-hydrogen) atoms. The first-order chi connectivity index (χ1) is 11.3. The molecule has 0 radical (unpaired) electrons. The van der Waals surface area contributed by atoms with Gasteiger partial charge in [0.25, 0.3) is 0 Å². The Morgan fingerprint density at radius 2 is 1.43 bits per heavy atom. The summed E-state index contributed by atoms with van der Waals surface area (Å²) >= 11 is 0. The fourth-order valence-corrected chi connectivity index (χ4v) is 3.63. The normalized spacial score (nSPS) is 20.0. The van der Waals surface area contributed by atoms with Gasteiger partial charge in [0.05, 0.1) is 6.10 Å². The van der Waals surface area contributed by atoms with Gasteiger partial charge in [-0.1, -0.05) is 72.8 Å². The van der Waals surface area contributed by atoms with Crippen molar-refractivity contribution in [2.45, 2.75) is 24.9 Å². The molecule has 0 aliphatic heterocycles. The number of benzene rings is 3. The molecule has 1 aliphatic carbocycles. The first kappa shape index (κ1) is 14.2. The van der Waals surface area contributed by atoms with Gasteiger partial charge in [-0.3, -0.25) is 0 Å². The molecule has 0 saturated carbocycles. The van der Waals surface area contributed by atoms with E-state index in [-0.39, 0.29) is 6.10 Å². The van der Waals surface area contributed by atoms with Crippen LogP contribution in [-0.2, 0) is 6.42 Å². The van der Waals surface area contributed by atoms with Crippen molar-refractivity contribution in [2.24, 2.45) is 0 Å². The second-order valence-corrected chi connectivity index (χ2v) is 6.34. The summed E-state index contributed by atoms with van der Waals surface area (Å²) < 4.78 is 0. The van der Waals surface area contributed by atoms with Gasteiger partial charge in [0, 0.05) is 0 Å². The summed E-state index contributed by atoms with van der Waals surface area (Å²) in [6.07, 6.45) is 1.42.